The third kappa shape index (κ3) is 46.4. The van der Waals surface area contributed by atoms with Crippen molar-refractivity contribution in [2.75, 3.05) is 41.0 Å². The van der Waals surface area contributed by atoms with Crippen LogP contribution in [0.4, 0.5) is 0 Å². The molecule has 0 heterocycles. The van der Waals surface area contributed by atoms with Gasteiger partial charge in [0.1, 0.15) is 6.61 Å². The van der Waals surface area contributed by atoms with Crippen LogP contribution < -0.4 is 0 Å². The van der Waals surface area contributed by atoms with Crippen molar-refractivity contribution in [2.24, 2.45) is 0 Å². The molecule has 0 aliphatic rings. The lowest BCUT2D eigenvalue weighted by Gasteiger charge is -2.31. The monoisotopic (exact) mass is 929 g/mol. The highest BCUT2D eigenvalue weighted by molar-refractivity contribution is 5.72. The molecule has 0 aliphatic carbocycles. The number of rotatable bonds is 50. The van der Waals surface area contributed by atoms with Gasteiger partial charge in [0.2, 0.25) is 0 Å². The molecule has 0 amide bonds. The number of ether oxygens (including phenoxy) is 3. The van der Waals surface area contributed by atoms with Gasteiger partial charge in [0.25, 0.3) is 0 Å². The number of nitrogens with zero attached hydrogens (tertiary/aromatic N) is 1. The average Bonchev–Trinajstić information content (AvgIpc) is 3.28. The van der Waals surface area contributed by atoms with Crippen molar-refractivity contribution in [3.05, 3.63) is 48.6 Å². The summed E-state index contributed by atoms with van der Waals surface area (Å²) in [6.07, 6.45) is 60.2. The fourth-order valence-electron chi connectivity index (χ4n) is 8.19. The number of likely N-dealkylation sites (N-methyl/N-ethyl adjacent to an activating group) is 1. The lowest BCUT2D eigenvalue weighted by Crippen LogP contribution is -2.50. The summed E-state index contributed by atoms with van der Waals surface area (Å²) in [6, 6.07) is -0.619. The van der Waals surface area contributed by atoms with Gasteiger partial charge in [0.05, 0.1) is 34.4 Å². The molecule has 8 nitrogen and oxygen atoms in total. The van der Waals surface area contributed by atoms with Crippen molar-refractivity contribution in [3.63, 3.8) is 0 Å². The molecule has 0 spiro atoms. The molecule has 0 saturated carbocycles. The molecule has 0 radical (unpaired) electrons. The summed E-state index contributed by atoms with van der Waals surface area (Å²) in [5.41, 5.74) is 0. The standard InChI is InChI=1S/C58H105NO7/c1-6-8-10-12-14-16-18-20-22-24-26-28-30-32-34-36-38-40-42-44-46-48-56(60)65-53-54(52-64-51-50-55(58(62)63)59(3,4)5)66-57(61)49-47-45-43-41-39-37-35-33-31-29-27-25-23-21-19-17-15-13-11-9-7-2/h15,17,21,23,27,29,33,35,54-55H,6-14,16,18-20,22,24-26,28,30-32,34,36-53H2,1-5H3/p+1/b17-15+,23-21+,29-27+,35-33+. The fraction of sp³-hybridized carbons (Fsp3) is 0.810. The molecule has 0 bridgehead atoms. The van der Waals surface area contributed by atoms with Crippen LogP contribution in [-0.2, 0) is 28.6 Å². The third-order valence-corrected chi connectivity index (χ3v) is 12.5. The smallest absolute Gasteiger partial charge is 0.362 e. The van der Waals surface area contributed by atoms with Crippen LogP contribution in [-0.4, -0.2) is 80.6 Å². The summed E-state index contributed by atoms with van der Waals surface area (Å²) in [7, 11) is 5.54. The molecule has 66 heavy (non-hydrogen) atoms. The second-order valence-electron chi connectivity index (χ2n) is 19.8. The van der Waals surface area contributed by atoms with Gasteiger partial charge in [-0.3, -0.25) is 9.59 Å². The van der Waals surface area contributed by atoms with Gasteiger partial charge in [0, 0.05) is 19.3 Å². The Bertz CT molecular complexity index is 1220. The number of hydrogen-bond donors (Lipinski definition) is 1. The Morgan fingerprint density at radius 2 is 0.803 bits per heavy atom. The first-order valence-electron chi connectivity index (χ1n) is 27.7. The normalized spacial score (nSPS) is 13.2. The Labute approximate surface area is 407 Å². The number of carboxylic acid groups (broad SMARTS) is 1. The molecule has 0 aromatic heterocycles. The van der Waals surface area contributed by atoms with Crippen LogP contribution in [0, 0.1) is 0 Å². The molecule has 0 rings (SSSR count). The van der Waals surface area contributed by atoms with Gasteiger partial charge in [-0.05, 0) is 57.8 Å². The molecule has 0 saturated heterocycles. The lowest BCUT2D eigenvalue weighted by atomic mass is 10.0. The molecule has 0 aromatic carbocycles. The van der Waals surface area contributed by atoms with E-state index < -0.39 is 18.1 Å². The topological polar surface area (TPSA) is 99.1 Å². The van der Waals surface area contributed by atoms with Crippen LogP contribution in [0.3, 0.4) is 0 Å². The van der Waals surface area contributed by atoms with Crippen molar-refractivity contribution >= 4 is 17.9 Å². The third-order valence-electron chi connectivity index (χ3n) is 12.5. The first-order valence-corrected chi connectivity index (χ1v) is 27.7. The number of aliphatic carboxylic acids is 1. The molecule has 0 fully saturated rings. The van der Waals surface area contributed by atoms with Crippen molar-refractivity contribution in [3.8, 4) is 0 Å². The fourth-order valence-corrected chi connectivity index (χ4v) is 8.19. The lowest BCUT2D eigenvalue weighted by molar-refractivity contribution is -0.887. The van der Waals surface area contributed by atoms with E-state index in [0.29, 0.717) is 19.3 Å². The van der Waals surface area contributed by atoms with Gasteiger partial charge in [-0.25, -0.2) is 4.79 Å². The second kappa shape index (κ2) is 48.7. The molecular weight excluding hydrogens is 823 g/mol. The molecule has 384 valence electrons. The van der Waals surface area contributed by atoms with Gasteiger partial charge < -0.3 is 23.8 Å². The minimum atomic E-state index is -0.876. The first kappa shape index (κ1) is 63.3. The molecule has 0 aromatic rings. The predicted molar refractivity (Wildman–Crippen MR) is 280 cm³/mol. The molecular formula is C58H106NO7+. The Morgan fingerprint density at radius 3 is 1.21 bits per heavy atom. The second-order valence-corrected chi connectivity index (χ2v) is 19.8. The van der Waals surface area contributed by atoms with E-state index in [1.54, 1.807) is 0 Å². The summed E-state index contributed by atoms with van der Waals surface area (Å²) in [6.45, 7) is 4.73. The van der Waals surface area contributed by atoms with Crippen LogP contribution in [0.5, 0.6) is 0 Å². The molecule has 8 heteroatoms. The zero-order valence-electron chi connectivity index (χ0n) is 43.9. The number of carbonyl (C=O) groups is 3. The van der Waals surface area contributed by atoms with Gasteiger partial charge in [-0.15, -0.1) is 0 Å². The van der Waals surface area contributed by atoms with E-state index in [1.807, 2.05) is 21.1 Å². The van der Waals surface area contributed by atoms with Crippen LogP contribution in [0.1, 0.15) is 251 Å². The summed E-state index contributed by atoms with van der Waals surface area (Å²) < 4.78 is 17.4. The zero-order valence-corrected chi connectivity index (χ0v) is 43.9. The van der Waals surface area contributed by atoms with E-state index in [1.165, 1.54) is 141 Å². The van der Waals surface area contributed by atoms with Gasteiger partial charge in [-0.2, -0.15) is 0 Å². The molecule has 0 aliphatic heterocycles. The Kier molecular flexibility index (Phi) is 46.7. The van der Waals surface area contributed by atoms with Crippen molar-refractivity contribution in [1.82, 2.24) is 0 Å². The summed E-state index contributed by atoms with van der Waals surface area (Å²) >= 11 is 0. The Balaban J connectivity index is 4.22. The summed E-state index contributed by atoms with van der Waals surface area (Å²) in [5.74, 6) is -1.48. The summed E-state index contributed by atoms with van der Waals surface area (Å²) in [5, 5.41) is 9.67. The van der Waals surface area contributed by atoms with E-state index >= 15 is 0 Å². The Hall–Kier alpha value is -2.71. The number of quaternary nitrogens is 1. The van der Waals surface area contributed by atoms with E-state index in [9.17, 15) is 19.5 Å². The van der Waals surface area contributed by atoms with Gasteiger partial charge in [0.15, 0.2) is 12.1 Å². The maximum atomic E-state index is 12.8. The van der Waals surface area contributed by atoms with Crippen molar-refractivity contribution in [1.29, 1.82) is 0 Å². The maximum Gasteiger partial charge on any atom is 0.362 e. The number of allylic oxidation sites excluding steroid dienone is 8. The quantitative estimate of drug-likeness (QED) is 0.0281. The SMILES string of the molecule is CCCCC/C=C/C/C=C/C/C=C/C/C=C/CCCCCCCC(=O)OC(COCCC(C(=O)O)[N+](C)(C)C)COC(=O)CCCCCCCCCCCCCCCCCCCCCCC. The average molecular weight is 929 g/mol. The van der Waals surface area contributed by atoms with E-state index in [0.717, 1.165) is 77.0 Å². The van der Waals surface area contributed by atoms with Gasteiger partial charge in [-0.1, -0.05) is 223 Å². The highest BCUT2D eigenvalue weighted by Crippen LogP contribution is 2.16. The highest BCUT2D eigenvalue weighted by atomic mass is 16.6. The number of carbonyl (C=O) groups excluding carboxylic acids is 2. The van der Waals surface area contributed by atoms with Crippen LogP contribution in [0.15, 0.2) is 48.6 Å². The van der Waals surface area contributed by atoms with Crippen molar-refractivity contribution in [2.45, 2.75) is 264 Å². The number of carboxylic acids is 1. The minimum Gasteiger partial charge on any atom is -0.477 e. The number of hydrogen-bond acceptors (Lipinski definition) is 6. The zero-order chi connectivity index (χ0) is 48.4. The van der Waals surface area contributed by atoms with Crippen LogP contribution >= 0.6 is 0 Å². The minimum absolute atomic E-state index is 0.0549. The first-order chi connectivity index (χ1) is 32.1. The predicted octanol–water partition coefficient (Wildman–Crippen LogP) is 16.3. The van der Waals surface area contributed by atoms with E-state index in [4.69, 9.17) is 14.2 Å². The van der Waals surface area contributed by atoms with E-state index in [-0.39, 0.29) is 36.2 Å². The van der Waals surface area contributed by atoms with E-state index in [2.05, 4.69) is 62.5 Å². The molecule has 2 atom stereocenters. The van der Waals surface area contributed by atoms with Crippen molar-refractivity contribution < 1.29 is 38.2 Å². The van der Waals surface area contributed by atoms with Crippen LogP contribution in [0.25, 0.3) is 0 Å². The highest BCUT2D eigenvalue weighted by Gasteiger charge is 2.31. The molecule has 2 unspecified atom stereocenters. The molecule has 1 N–H and O–H groups in total. The van der Waals surface area contributed by atoms with Gasteiger partial charge >= 0.3 is 17.9 Å². The number of unbranched alkanes of at least 4 members (excludes halogenated alkanes) is 28. The summed E-state index contributed by atoms with van der Waals surface area (Å²) in [4.78, 5) is 37.2. The maximum absolute atomic E-state index is 12.8. The Morgan fingerprint density at radius 1 is 0.455 bits per heavy atom. The van der Waals surface area contributed by atoms with Crippen LogP contribution in [0.2, 0.25) is 0 Å². The largest absolute Gasteiger partial charge is 0.477 e. The number of esters is 2.